The Hall–Kier alpha value is -0.863. The molecule has 0 N–H and O–H groups in total. The van der Waals surface area contributed by atoms with Gasteiger partial charge in [-0.3, -0.25) is 0 Å². The predicted molar refractivity (Wildman–Crippen MR) is 105 cm³/mol. The van der Waals surface area contributed by atoms with Crippen LogP contribution in [0.15, 0.2) is 10.8 Å². The average molecular weight is 432 g/mol. The Balaban J connectivity index is 1.86. The molecule has 0 bridgehead atoms. The number of halogens is 1. The van der Waals surface area contributed by atoms with Gasteiger partial charge >= 0.3 is 6.09 Å². The second kappa shape index (κ2) is 7.80. The molecule has 1 saturated heterocycles. The summed E-state index contributed by atoms with van der Waals surface area (Å²) in [5.41, 5.74) is -0.464. The first-order valence-corrected chi connectivity index (χ1v) is 13.2. The summed E-state index contributed by atoms with van der Waals surface area (Å²) in [4.78, 5) is 18.3. The number of imidazole rings is 1. The topological polar surface area (TPSA) is 56.6 Å². The summed E-state index contributed by atoms with van der Waals surface area (Å²) >= 11 is 3.44. The van der Waals surface area contributed by atoms with Gasteiger partial charge in [0.15, 0.2) is 0 Å². The highest BCUT2D eigenvalue weighted by Crippen LogP contribution is 2.29. The minimum absolute atomic E-state index is 0.222. The fourth-order valence-corrected chi connectivity index (χ4v) is 3.67. The number of ether oxygens (including phenoxy) is 2. The maximum absolute atomic E-state index is 12.1. The Labute approximate surface area is 160 Å². The maximum Gasteiger partial charge on any atom is 0.410 e. The predicted octanol–water partition coefficient (Wildman–Crippen LogP) is 4.29. The number of hydrogen-bond donors (Lipinski definition) is 0. The summed E-state index contributed by atoms with van der Waals surface area (Å²) in [5, 5.41) is 0. The molecule has 1 amide bonds. The molecule has 0 unspecified atom stereocenters. The van der Waals surface area contributed by atoms with Crippen LogP contribution in [-0.2, 0) is 16.2 Å². The van der Waals surface area contributed by atoms with Crippen molar-refractivity contribution >= 4 is 30.1 Å². The number of rotatable bonds is 6. The third-order valence-electron chi connectivity index (χ3n) is 3.90. The molecule has 25 heavy (non-hydrogen) atoms. The van der Waals surface area contributed by atoms with Crippen molar-refractivity contribution in [3.63, 3.8) is 0 Å². The average Bonchev–Trinajstić information content (AvgIpc) is 2.70. The van der Waals surface area contributed by atoms with E-state index in [1.165, 1.54) is 0 Å². The third-order valence-corrected chi connectivity index (χ3v) is 5.99. The van der Waals surface area contributed by atoms with E-state index in [4.69, 9.17) is 9.47 Å². The molecule has 0 aliphatic carbocycles. The number of likely N-dealkylation sites (tertiary alicyclic amines) is 1. The Kier molecular flexibility index (Phi) is 6.38. The molecule has 8 heteroatoms. The molecule has 6 nitrogen and oxygen atoms in total. The number of aromatic nitrogens is 2. The second-order valence-corrected chi connectivity index (χ2v) is 15.3. The Morgan fingerprint density at radius 2 is 2.00 bits per heavy atom. The van der Waals surface area contributed by atoms with E-state index in [1.54, 1.807) is 4.90 Å². The van der Waals surface area contributed by atoms with Crippen LogP contribution in [0.25, 0.3) is 0 Å². The number of amides is 1. The van der Waals surface area contributed by atoms with E-state index in [-0.39, 0.29) is 12.0 Å². The van der Waals surface area contributed by atoms with Crippen LogP contribution in [0.2, 0.25) is 25.7 Å². The van der Waals surface area contributed by atoms with E-state index in [1.807, 2.05) is 31.5 Å². The first kappa shape index (κ1) is 20.4. The van der Waals surface area contributed by atoms with Gasteiger partial charge < -0.3 is 18.9 Å². The summed E-state index contributed by atoms with van der Waals surface area (Å²) in [7, 11) is -1.08. The van der Waals surface area contributed by atoms with Crippen LogP contribution in [0.5, 0.6) is 0 Å². The first-order valence-electron chi connectivity index (χ1n) is 8.73. The van der Waals surface area contributed by atoms with Gasteiger partial charge in [-0.2, -0.15) is 0 Å². The highest BCUT2D eigenvalue weighted by Gasteiger charge is 2.37. The highest BCUT2D eigenvalue weighted by atomic mass is 79.9. The van der Waals surface area contributed by atoms with E-state index < -0.39 is 13.7 Å². The standard InChI is InChI=1S/C17H30BrN3O3Si/c1-17(2,3)24-16(22)20-9-13(10-20)15-19-14(18)11-21(15)12-23-7-8-25(4,5)6/h11,13H,7-10,12H2,1-6H3. The van der Waals surface area contributed by atoms with E-state index in [0.717, 1.165) is 23.1 Å². The molecule has 1 aliphatic heterocycles. The van der Waals surface area contributed by atoms with E-state index in [0.29, 0.717) is 19.8 Å². The zero-order valence-electron chi connectivity index (χ0n) is 16.1. The summed E-state index contributed by atoms with van der Waals surface area (Å²) in [6, 6.07) is 1.15. The van der Waals surface area contributed by atoms with Gasteiger partial charge in [0.2, 0.25) is 0 Å². The van der Waals surface area contributed by atoms with Crippen molar-refractivity contribution in [3.8, 4) is 0 Å². The van der Waals surface area contributed by atoms with E-state index >= 15 is 0 Å². The Morgan fingerprint density at radius 3 is 2.56 bits per heavy atom. The SMILES string of the molecule is CC(C)(C)OC(=O)N1CC(c2nc(Br)cn2COCC[Si](C)(C)C)C1. The first-order chi connectivity index (χ1) is 11.4. The second-order valence-electron chi connectivity index (χ2n) is 8.82. The Morgan fingerprint density at radius 1 is 1.36 bits per heavy atom. The highest BCUT2D eigenvalue weighted by molar-refractivity contribution is 9.10. The van der Waals surface area contributed by atoms with Gasteiger partial charge in [-0.25, -0.2) is 9.78 Å². The largest absolute Gasteiger partial charge is 0.444 e. The fourth-order valence-electron chi connectivity index (χ4n) is 2.49. The van der Waals surface area contributed by atoms with Crippen molar-refractivity contribution in [2.24, 2.45) is 0 Å². The van der Waals surface area contributed by atoms with Crippen LogP contribution in [0, 0.1) is 0 Å². The molecule has 2 heterocycles. The molecular formula is C17H30BrN3O3Si. The van der Waals surface area contributed by atoms with Crippen LogP contribution < -0.4 is 0 Å². The number of carbonyl (C=O) groups excluding carboxylic acids is 1. The van der Waals surface area contributed by atoms with Gasteiger partial charge in [0.05, 0.1) is 5.92 Å². The molecule has 1 aromatic heterocycles. The molecule has 142 valence electrons. The molecule has 1 aliphatic rings. The van der Waals surface area contributed by atoms with Crippen LogP contribution in [0.4, 0.5) is 4.79 Å². The summed E-state index contributed by atoms with van der Waals surface area (Å²) < 4.78 is 14.1. The molecule has 0 saturated carbocycles. The smallest absolute Gasteiger partial charge is 0.410 e. The van der Waals surface area contributed by atoms with Gasteiger partial charge in [-0.1, -0.05) is 19.6 Å². The number of nitrogens with zero attached hydrogens (tertiary/aromatic N) is 3. The van der Waals surface area contributed by atoms with Crippen molar-refractivity contribution in [1.82, 2.24) is 14.5 Å². The normalized spacial score (nSPS) is 16.0. The zero-order valence-corrected chi connectivity index (χ0v) is 18.7. The summed E-state index contributed by atoms with van der Waals surface area (Å²) in [6.07, 6.45) is 1.69. The van der Waals surface area contributed by atoms with Crippen LogP contribution in [0.1, 0.15) is 32.5 Å². The monoisotopic (exact) mass is 431 g/mol. The van der Waals surface area contributed by atoms with Crippen molar-refractivity contribution in [2.75, 3.05) is 19.7 Å². The van der Waals surface area contributed by atoms with Gasteiger partial charge in [0.25, 0.3) is 0 Å². The lowest BCUT2D eigenvalue weighted by Crippen LogP contribution is -2.51. The lowest BCUT2D eigenvalue weighted by atomic mass is 10.00. The van der Waals surface area contributed by atoms with Crippen LogP contribution >= 0.6 is 15.9 Å². The lowest BCUT2D eigenvalue weighted by Gasteiger charge is -2.39. The summed E-state index contributed by atoms with van der Waals surface area (Å²) in [6.45, 7) is 15.2. The van der Waals surface area contributed by atoms with Crippen molar-refractivity contribution in [3.05, 3.63) is 16.6 Å². The van der Waals surface area contributed by atoms with Crippen LogP contribution in [0.3, 0.4) is 0 Å². The van der Waals surface area contributed by atoms with Gasteiger partial charge in [0, 0.05) is 34.0 Å². The lowest BCUT2D eigenvalue weighted by molar-refractivity contribution is 0.00632. The number of hydrogen-bond acceptors (Lipinski definition) is 4. The molecule has 1 fully saturated rings. The summed E-state index contributed by atoms with van der Waals surface area (Å²) in [5.74, 6) is 1.18. The van der Waals surface area contributed by atoms with Crippen molar-refractivity contribution in [1.29, 1.82) is 0 Å². The van der Waals surface area contributed by atoms with Gasteiger partial charge in [0.1, 0.15) is 22.8 Å². The third kappa shape index (κ3) is 6.42. The van der Waals surface area contributed by atoms with Crippen molar-refractivity contribution < 1.29 is 14.3 Å². The Bertz CT molecular complexity index is 601. The van der Waals surface area contributed by atoms with Gasteiger partial charge in [-0.15, -0.1) is 0 Å². The minimum atomic E-state index is -1.08. The molecule has 1 aromatic rings. The minimum Gasteiger partial charge on any atom is -0.444 e. The van der Waals surface area contributed by atoms with Crippen LogP contribution in [-0.4, -0.2) is 53.9 Å². The van der Waals surface area contributed by atoms with E-state index in [9.17, 15) is 4.79 Å². The molecule has 2 rings (SSSR count). The number of carbonyl (C=O) groups is 1. The maximum atomic E-state index is 12.1. The van der Waals surface area contributed by atoms with Gasteiger partial charge in [-0.05, 0) is 42.7 Å². The van der Waals surface area contributed by atoms with E-state index in [2.05, 4.69) is 40.6 Å². The zero-order chi connectivity index (χ0) is 18.8. The molecular weight excluding hydrogens is 402 g/mol. The molecule has 0 spiro atoms. The quantitative estimate of drug-likeness (QED) is 0.497. The molecule has 0 atom stereocenters. The molecule has 0 aromatic carbocycles. The molecule has 0 radical (unpaired) electrons. The fraction of sp³-hybridized carbons (Fsp3) is 0.765. The van der Waals surface area contributed by atoms with Crippen molar-refractivity contribution in [2.45, 2.75) is 64.7 Å².